The third kappa shape index (κ3) is 4.05. The minimum absolute atomic E-state index is 0.141. The first-order valence-electron chi connectivity index (χ1n) is 6.44. The summed E-state index contributed by atoms with van der Waals surface area (Å²) in [5, 5.41) is 13.4. The van der Waals surface area contributed by atoms with Crippen LogP contribution >= 0.6 is 15.9 Å². The minimum Gasteiger partial charge on any atom is -0.481 e. The molecule has 0 saturated heterocycles. The minimum atomic E-state index is -0.797. The summed E-state index contributed by atoms with van der Waals surface area (Å²) >= 11 is 3.31. The van der Waals surface area contributed by atoms with Crippen LogP contribution in [0.1, 0.15) is 6.92 Å². The third-order valence-corrected chi connectivity index (χ3v) is 3.33. The first kappa shape index (κ1) is 16.0. The molecule has 1 unspecified atom stereocenters. The monoisotopic (exact) mass is 364 g/mol. The maximum atomic E-state index is 12.1. The van der Waals surface area contributed by atoms with Gasteiger partial charge in [-0.15, -0.1) is 0 Å². The summed E-state index contributed by atoms with van der Waals surface area (Å²) in [5.41, 5.74) is -0.0207. The highest BCUT2D eigenvalue weighted by atomic mass is 79.9. The Hall–Kier alpha value is -2.41. The number of hydrogen-bond acceptors (Lipinski definition) is 4. The van der Waals surface area contributed by atoms with Gasteiger partial charge in [0.05, 0.1) is 4.92 Å². The second-order valence-electron chi connectivity index (χ2n) is 4.48. The van der Waals surface area contributed by atoms with Crippen LogP contribution in [0.4, 0.5) is 11.4 Å². The highest BCUT2D eigenvalue weighted by Crippen LogP contribution is 2.24. The van der Waals surface area contributed by atoms with E-state index in [1.165, 1.54) is 18.2 Å². The van der Waals surface area contributed by atoms with Crippen molar-refractivity contribution in [1.82, 2.24) is 0 Å². The second-order valence-corrected chi connectivity index (χ2v) is 5.40. The standard InChI is InChI=1S/C15H13BrN2O4/c1-10(22-12-6-4-5-11(16)9-12)15(19)17-13-7-2-3-8-14(13)18(20)21/h2-10H,1H3,(H,17,19). The number of halogens is 1. The Morgan fingerprint density at radius 2 is 2.00 bits per heavy atom. The van der Waals surface area contributed by atoms with Crippen LogP contribution < -0.4 is 10.1 Å². The zero-order chi connectivity index (χ0) is 16.1. The molecule has 0 fully saturated rings. The van der Waals surface area contributed by atoms with Crippen LogP contribution in [0.15, 0.2) is 53.0 Å². The maximum Gasteiger partial charge on any atom is 0.292 e. The molecule has 0 heterocycles. The summed E-state index contributed by atoms with van der Waals surface area (Å²) in [6.07, 6.45) is -0.797. The topological polar surface area (TPSA) is 81.5 Å². The fourth-order valence-corrected chi connectivity index (χ4v) is 2.15. The van der Waals surface area contributed by atoms with Gasteiger partial charge in [-0.3, -0.25) is 14.9 Å². The van der Waals surface area contributed by atoms with Crippen molar-refractivity contribution in [1.29, 1.82) is 0 Å². The lowest BCUT2D eigenvalue weighted by Crippen LogP contribution is -2.30. The predicted molar refractivity (Wildman–Crippen MR) is 86.0 cm³/mol. The van der Waals surface area contributed by atoms with Crippen LogP contribution in [0.2, 0.25) is 0 Å². The number of hydrogen-bond donors (Lipinski definition) is 1. The Bertz CT molecular complexity index is 705. The van der Waals surface area contributed by atoms with E-state index in [-0.39, 0.29) is 11.4 Å². The largest absolute Gasteiger partial charge is 0.481 e. The quantitative estimate of drug-likeness (QED) is 0.646. The van der Waals surface area contributed by atoms with Gasteiger partial charge in [0.1, 0.15) is 11.4 Å². The van der Waals surface area contributed by atoms with Gasteiger partial charge in [0.25, 0.3) is 11.6 Å². The van der Waals surface area contributed by atoms with Crippen molar-refractivity contribution in [3.63, 3.8) is 0 Å². The van der Waals surface area contributed by atoms with Crippen molar-refractivity contribution >= 4 is 33.2 Å². The molecule has 7 heteroatoms. The van der Waals surface area contributed by atoms with Crippen molar-refractivity contribution in [2.45, 2.75) is 13.0 Å². The Labute approximate surface area is 135 Å². The van der Waals surface area contributed by atoms with Crippen LogP contribution in [0.5, 0.6) is 5.75 Å². The predicted octanol–water partition coefficient (Wildman–Crippen LogP) is 3.76. The van der Waals surface area contributed by atoms with E-state index in [1.807, 2.05) is 6.07 Å². The van der Waals surface area contributed by atoms with Gasteiger partial charge in [0.15, 0.2) is 6.10 Å². The summed E-state index contributed by atoms with van der Waals surface area (Å²) in [6.45, 7) is 1.57. The molecule has 2 aromatic rings. The van der Waals surface area contributed by atoms with Gasteiger partial charge < -0.3 is 10.1 Å². The van der Waals surface area contributed by atoms with Crippen molar-refractivity contribution < 1.29 is 14.5 Å². The van der Waals surface area contributed by atoms with E-state index < -0.39 is 16.9 Å². The number of nitro groups is 1. The molecule has 22 heavy (non-hydrogen) atoms. The number of nitro benzene ring substituents is 1. The number of anilines is 1. The SMILES string of the molecule is CC(Oc1cccc(Br)c1)C(=O)Nc1ccccc1[N+](=O)[O-]. The number of benzene rings is 2. The van der Waals surface area contributed by atoms with E-state index >= 15 is 0 Å². The van der Waals surface area contributed by atoms with Crippen LogP contribution in [0, 0.1) is 10.1 Å². The van der Waals surface area contributed by atoms with Crippen molar-refractivity contribution in [3.8, 4) is 5.75 Å². The summed E-state index contributed by atoms with van der Waals surface area (Å²) in [7, 11) is 0. The molecule has 0 spiro atoms. The van der Waals surface area contributed by atoms with E-state index in [0.717, 1.165) is 4.47 Å². The molecule has 1 N–H and O–H groups in total. The Morgan fingerprint density at radius 3 is 2.68 bits per heavy atom. The van der Waals surface area contributed by atoms with Gasteiger partial charge in [-0.2, -0.15) is 0 Å². The molecule has 0 radical (unpaired) electrons. The summed E-state index contributed by atoms with van der Waals surface area (Å²) < 4.78 is 6.35. The second kappa shape index (κ2) is 7.04. The van der Waals surface area contributed by atoms with Gasteiger partial charge in [-0.05, 0) is 31.2 Å². The molecule has 0 bridgehead atoms. The average Bonchev–Trinajstić information content (AvgIpc) is 2.47. The highest BCUT2D eigenvalue weighted by Gasteiger charge is 2.19. The van der Waals surface area contributed by atoms with Gasteiger partial charge in [-0.1, -0.05) is 34.1 Å². The lowest BCUT2D eigenvalue weighted by Gasteiger charge is -2.15. The fraction of sp³-hybridized carbons (Fsp3) is 0.133. The summed E-state index contributed by atoms with van der Waals surface area (Å²) in [5.74, 6) is 0.0638. The molecule has 2 aromatic carbocycles. The molecule has 0 aliphatic rings. The van der Waals surface area contributed by atoms with E-state index in [2.05, 4.69) is 21.2 Å². The zero-order valence-electron chi connectivity index (χ0n) is 11.7. The molecule has 114 valence electrons. The number of ether oxygens (including phenoxy) is 1. The Morgan fingerprint density at radius 1 is 1.27 bits per heavy atom. The van der Waals surface area contributed by atoms with Crippen LogP contribution in [0.3, 0.4) is 0 Å². The fourth-order valence-electron chi connectivity index (χ4n) is 1.77. The third-order valence-electron chi connectivity index (χ3n) is 2.84. The first-order chi connectivity index (χ1) is 10.5. The smallest absolute Gasteiger partial charge is 0.292 e. The molecular formula is C15H13BrN2O4. The molecule has 0 aliphatic heterocycles. The number of rotatable bonds is 5. The first-order valence-corrected chi connectivity index (χ1v) is 7.23. The molecule has 0 saturated carbocycles. The van der Waals surface area contributed by atoms with E-state index in [4.69, 9.17) is 4.74 Å². The molecular weight excluding hydrogens is 352 g/mol. The summed E-state index contributed by atoms with van der Waals surface area (Å²) in [6, 6.07) is 13.0. The molecule has 0 aliphatic carbocycles. The average molecular weight is 365 g/mol. The van der Waals surface area contributed by atoms with E-state index in [9.17, 15) is 14.9 Å². The molecule has 2 rings (SSSR count). The molecule has 6 nitrogen and oxygen atoms in total. The van der Waals surface area contributed by atoms with Crippen molar-refractivity contribution in [2.75, 3.05) is 5.32 Å². The number of carbonyl (C=O) groups excluding carboxylic acids is 1. The van der Waals surface area contributed by atoms with Gasteiger partial charge in [0, 0.05) is 10.5 Å². The molecule has 1 amide bonds. The number of nitrogens with zero attached hydrogens (tertiary/aromatic N) is 1. The van der Waals surface area contributed by atoms with Crippen LogP contribution in [-0.2, 0) is 4.79 Å². The maximum absolute atomic E-state index is 12.1. The number of para-hydroxylation sites is 2. The number of amides is 1. The highest BCUT2D eigenvalue weighted by molar-refractivity contribution is 9.10. The number of nitrogens with one attached hydrogen (secondary N) is 1. The van der Waals surface area contributed by atoms with Crippen molar-refractivity contribution in [3.05, 3.63) is 63.1 Å². The van der Waals surface area contributed by atoms with Crippen LogP contribution in [-0.4, -0.2) is 16.9 Å². The van der Waals surface area contributed by atoms with Gasteiger partial charge in [-0.25, -0.2) is 0 Å². The van der Waals surface area contributed by atoms with Crippen molar-refractivity contribution in [2.24, 2.45) is 0 Å². The van der Waals surface area contributed by atoms with E-state index in [1.54, 1.807) is 31.2 Å². The van der Waals surface area contributed by atoms with E-state index in [0.29, 0.717) is 5.75 Å². The molecule has 1 atom stereocenters. The summed E-state index contributed by atoms with van der Waals surface area (Å²) in [4.78, 5) is 22.5. The normalized spacial score (nSPS) is 11.5. The lowest BCUT2D eigenvalue weighted by atomic mass is 10.2. The van der Waals surface area contributed by atoms with Gasteiger partial charge in [0.2, 0.25) is 0 Å². The Balaban J connectivity index is 2.07. The lowest BCUT2D eigenvalue weighted by molar-refractivity contribution is -0.383. The van der Waals surface area contributed by atoms with Crippen LogP contribution in [0.25, 0.3) is 0 Å². The Kier molecular flexibility index (Phi) is 5.11. The molecule has 0 aromatic heterocycles. The van der Waals surface area contributed by atoms with Gasteiger partial charge >= 0.3 is 0 Å². The zero-order valence-corrected chi connectivity index (χ0v) is 13.2. The number of carbonyl (C=O) groups is 1.